The van der Waals surface area contributed by atoms with Crippen LogP contribution in [0.25, 0.3) is 10.9 Å². The fourth-order valence-corrected chi connectivity index (χ4v) is 1.94. The fraction of sp³-hybridized carbons (Fsp3) is 0.0667. The van der Waals surface area contributed by atoms with Gasteiger partial charge in [0.1, 0.15) is 0 Å². The molecule has 0 fully saturated rings. The molecule has 3 nitrogen and oxygen atoms in total. The largest absolute Gasteiger partial charge is 0.272 e. The molecule has 0 spiro atoms. The van der Waals surface area contributed by atoms with Gasteiger partial charge in [-0.2, -0.15) is 5.10 Å². The summed E-state index contributed by atoms with van der Waals surface area (Å²) >= 11 is 0. The predicted octanol–water partition coefficient (Wildman–Crippen LogP) is 2.92. The molecule has 0 saturated carbocycles. The van der Waals surface area contributed by atoms with Crippen molar-refractivity contribution < 1.29 is 4.79 Å². The Bertz CT molecular complexity index is 653. The van der Waals surface area contributed by atoms with Gasteiger partial charge >= 0.3 is 0 Å². The molecule has 0 aliphatic carbocycles. The highest BCUT2D eigenvalue weighted by molar-refractivity contribution is 5.86. The van der Waals surface area contributed by atoms with Gasteiger partial charge in [-0.15, -0.1) is 0 Å². The molecule has 18 heavy (non-hydrogen) atoms. The van der Waals surface area contributed by atoms with Crippen LogP contribution in [0.5, 0.6) is 0 Å². The van der Waals surface area contributed by atoms with Crippen LogP contribution in [0.2, 0.25) is 0 Å². The molecule has 1 heterocycles. The lowest BCUT2D eigenvalue weighted by Crippen LogP contribution is -2.13. The number of aromatic nitrogens is 2. The first-order chi connectivity index (χ1) is 8.83. The number of rotatable bonds is 2. The maximum absolute atomic E-state index is 12.1. The van der Waals surface area contributed by atoms with Crippen LogP contribution in [0.15, 0.2) is 60.8 Å². The van der Waals surface area contributed by atoms with Crippen molar-refractivity contribution in [1.29, 1.82) is 0 Å². The second-order valence-electron chi connectivity index (χ2n) is 4.19. The van der Waals surface area contributed by atoms with E-state index in [2.05, 4.69) is 5.10 Å². The predicted molar refractivity (Wildman–Crippen MR) is 70.5 cm³/mol. The monoisotopic (exact) mass is 236 g/mol. The quantitative estimate of drug-likeness (QED) is 0.685. The number of nitrogens with zero attached hydrogens (tertiary/aromatic N) is 2. The lowest BCUT2D eigenvalue weighted by Gasteiger charge is -2.00. The van der Waals surface area contributed by atoms with Crippen molar-refractivity contribution in [3.8, 4) is 0 Å². The molecule has 0 amide bonds. The lowest BCUT2D eigenvalue weighted by atomic mass is 10.1. The molecule has 3 aromatic rings. The lowest BCUT2D eigenvalue weighted by molar-refractivity contribution is 0.0899. The molecule has 0 bridgehead atoms. The van der Waals surface area contributed by atoms with E-state index in [-0.39, 0.29) is 5.91 Å². The zero-order valence-corrected chi connectivity index (χ0v) is 9.78. The average Bonchev–Trinajstić information content (AvgIpc) is 2.84. The zero-order chi connectivity index (χ0) is 12.4. The van der Waals surface area contributed by atoms with Crippen LogP contribution in [-0.2, 0) is 6.42 Å². The molecule has 0 N–H and O–H groups in total. The first-order valence-corrected chi connectivity index (χ1v) is 5.84. The first kappa shape index (κ1) is 10.7. The van der Waals surface area contributed by atoms with E-state index in [1.165, 1.54) is 4.68 Å². The third-order valence-electron chi connectivity index (χ3n) is 2.87. The van der Waals surface area contributed by atoms with Gasteiger partial charge in [-0.3, -0.25) is 4.79 Å². The maximum atomic E-state index is 12.1. The van der Waals surface area contributed by atoms with Crippen molar-refractivity contribution in [2.24, 2.45) is 0 Å². The van der Waals surface area contributed by atoms with E-state index in [0.29, 0.717) is 6.42 Å². The minimum absolute atomic E-state index is 0.0163. The van der Waals surface area contributed by atoms with Gasteiger partial charge in [0.25, 0.3) is 5.91 Å². The number of hydrogen-bond acceptors (Lipinski definition) is 2. The topological polar surface area (TPSA) is 34.9 Å². The Morgan fingerprint density at radius 3 is 2.50 bits per heavy atom. The molecule has 88 valence electrons. The molecule has 3 heteroatoms. The number of benzene rings is 2. The standard InChI is InChI=1S/C15H12N2O/c18-15(10-12-6-2-1-3-7-12)17-11-13-8-4-5-9-14(13)16-17/h1-9,11H,10H2. The molecule has 0 atom stereocenters. The van der Waals surface area contributed by atoms with Crippen LogP contribution in [0.1, 0.15) is 10.4 Å². The molecule has 1 aromatic heterocycles. The second-order valence-corrected chi connectivity index (χ2v) is 4.19. The van der Waals surface area contributed by atoms with Crippen LogP contribution >= 0.6 is 0 Å². The van der Waals surface area contributed by atoms with E-state index in [9.17, 15) is 4.79 Å². The van der Waals surface area contributed by atoms with E-state index < -0.39 is 0 Å². The van der Waals surface area contributed by atoms with E-state index in [1.54, 1.807) is 6.20 Å². The molecule has 0 aliphatic heterocycles. The van der Waals surface area contributed by atoms with Crippen LogP contribution in [0, 0.1) is 0 Å². The highest BCUT2D eigenvalue weighted by Crippen LogP contribution is 2.11. The summed E-state index contributed by atoms with van der Waals surface area (Å²) in [6.07, 6.45) is 2.15. The number of fused-ring (bicyclic) bond motifs is 1. The Hall–Kier alpha value is -2.42. The Balaban J connectivity index is 1.88. The highest BCUT2D eigenvalue weighted by atomic mass is 16.2. The van der Waals surface area contributed by atoms with Crippen LogP contribution in [0.3, 0.4) is 0 Å². The molecule has 0 aliphatic rings. The van der Waals surface area contributed by atoms with Crippen LogP contribution < -0.4 is 0 Å². The van der Waals surface area contributed by atoms with Gasteiger partial charge in [0.2, 0.25) is 0 Å². The van der Waals surface area contributed by atoms with Crippen molar-refractivity contribution in [2.75, 3.05) is 0 Å². The molecule has 0 radical (unpaired) electrons. The van der Waals surface area contributed by atoms with Crippen molar-refractivity contribution in [2.45, 2.75) is 6.42 Å². The Morgan fingerprint density at radius 1 is 1.00 bits per heavy atom. The Kier molecular flexibility index (Phi) is 2.65. The van der Waals surface area contributed by atoms with E-state index in [0.717, 1.165) is 16.5 Å². The maximum Gasteiger partial charge on any atom is 0.251 e. The van der Waals surface area contributed by atoms with Crippen molar-refractivity contribution in [3.63, 3.8) is 0 Å². The second kappa shape index (κ2) is 4.45. The summed E-state index contributed by atoms with van der Waals surface area (Å²) in [7, 11) is 0. The van der Waals surface area contributed by atoms with Crippen molar-refractivity contribution in [3.05, 3.63) is 66.4 Å². The molecular formula is C15H12N2O. The van der Waals surface area contributed by atoms with E-state index in [1.807, 2.05) is 54.6 Å². The third kappa shape index (κ3) is 2.02. The van der Waals surface area contributed by atoms with Crippen LogP contribution in [0.4, 0.5) is 0 Å². The van der Waals surface area contributed by atoms with Gasteiger partial charge in [-0.05, 0) is 11.6 Å². The van der Waals surface area contributed by atoms with Gasteiger partial charge in [0.15, 0.2) is 0 Å². The summed E-state index contributed by atoms with van der Waals surface area (Å²) in [6.45, 7) is 0. The van der Waals surface area contributed by atoms with E-state index >= 15 is 0 Å². The van der Waals surface area contributed by atoms with Crippen molar-refractivity contribution >= 4 is 16.8 Å². The van der Waals surface area contributed by atoms with Gasteiger partial charge in [0.05, 0.1) is 11.9 Å². The smallest absolute Gasteiger partial charge is 0.251 e. The Morgan fingerprint density at radius 2 is 1.72 bits per heavy atom. The summed E-state index contributed by atoms with van der Waals surface area (Å²) in [5, 5.41) is 5.26. The molecule has 0 saturated heterocycles. The SMILES string of the molecule is O=C(Cc1ccccc1)n1cc2ccccc2n1. The highest BCUT2D eigenvalue weighted by Gasteiger charge is 2.08. The molecule has 2 aromatic carbocycles. The average molecular weight is 236 g/mol. The van der Waals surface area contributed by atoms with Gasteiger partial charge in [0, 0.05) is 11.6 Å². The summed E-state index contributed by atoms with van der Waals surface area (Å²) in [5.41, 5.74) is 1.85. The summed E-state index contributed by atoms with van der Waals surface area (Å²) < 4.78 is 1.43. The van der Waals surface area contributed by atoms with Gasteiger partial charge in [-0.1, -0.05) is 48.5 Å². The van der Waals surface area contributed by atoms with E-state index in [4.69, 9.17) is 0 Å². The van der Waals surface area contributed by atoms with Gasteiger partial charge in [-0.25, -0.2) is 4.68 Å². The molecular weight excluding hydrogens is 224 g/mol. The summed E-state index contributed by atoms with van der Waals surface area (Å²) in [6, 6.07) is 17.4. The molecule has 3 rings (SSSR count). The van der Waals surface area contributed by atoms with Crippen molar-refractivity contribution in [1.82, 2.24) is 9.78 Å². The zero-order valence-electron chi connectivity index (χ0n) is 9.78. The van der Waals surface area contributed by atoms with Gasteiger partial charge < -0.3 is 0 Å². The first-order valence-electron chi connectivity index (χ1n) is 5.84. The number of carbonyl (C=O) groups is 1. The fourth-order valence-electron chi connectivity index (χ4n) is 1.94. The number of carbonyl (C=O) groups excluding carboxylic acids is 1. The minimum atomic E-state index is -0.0163. The Labute approximate surface area is 105 Å². The van der Waals surface area contributed by atoms with Crippen LogP contribution in [-0.4, -0.2) is 15.7 Å². The minimum Gasteiger partial charge on any atom is -0.272 e. The summed E-state index contributed by atoms with van der Waals surface area (Å²) in [4.78, 5) is 12.1. The third-order valence-corrected chi connectivity index (χ3v) is 2.87. The summed E-state index contributed by atoms with van der Waals surface area (Å²) in [5.74, 6) is -0.0163. The molecule has 0 unspecified atom stereocenters. The normalized spacial score (nSPS) is 10.7. The number of hydrogen-bond donors (Lipinski definition) is 0.